The van der Waals surface area contributed by atoms with Crippen molar-refractivity contribution in [1.82, 2.24) is 8.75 Å². The van der Waals surface area contributed by atoms with Crippen LogP contribution in [-0.2, 0) is 19.8 Å². The van der Waals surface area contributed by atoms with Gasteiger partial charge in [0.1, 0.15) is 35.7 Å². The predicted octanol–water partition coefficient (Wildman–Crippen LogP) is 6.28. The first-order chi connectivity index (χ1) is 16.7. The van der Waals surface area contributed by atoms with Gasteiger partial charge in [0, 0.05) is 18.2 Å². The Morgan fingerprint density at radius 1 is 0.765 bits per heavy atom. The first-order valence-electron chi connectivity index (χ1n) is 11.1. The Kier molecular flexibility index (Phi) is 6.51. The predicted molar refractivity (Wildman–Crippen MR) is 137 cm³/mol. The Morgan fingerprint density at radius 3 is 2.47 bits per heavy atom. The number of hydrogen-bond donors (Lipinski definition) is 1. The fourth-order valence-electron chi connectivity index (χ4n) is 3.94. The Bertz CT molecular complexity index is 1420. The van der Waals surface area contributed by atoms with Crippen molar-refractivity contribution in [3.63, 3.8) is 0 Å². The van der Waals surface area contributed by atoms with Crippen LogP contribution in [0.15, 0.2) is 84.9 Å². The van der Waals surface area contributed by atoms with Gasteiger partial charge in [0.2, 0.25) is 0 Å². The number of aromatic nitrogens is 2. The zero-order chi connectivity index (χ0) is 23.3. The quantitative estimate of drug-likeness (QED) is 0.291. The maximum atomic E-state index is 6.17. The van der Waals surface area contributed by atoms with E-state index in [9.17, 15) is 0 Å². The van der Waals surface area contributed by atoms with E-state index in [1.54, 1.807) is 0 Å². The molecule has 0 aliphatic carbocycles. The number of rotatable bonds is 8. The average Bonchev–Trinajstić information content (AvgIpc) is 3.35. The van der Waals surface area contributed by atoms with E-state index in [1.165, 1.54) is 28.4 Å². The zero-order valence-electron chi connectivity index (χ0n) is 18.9. The van der Waals surface area contributed by atoms with Gasteiger partial charge in [-0.3, -0.25) is 0 Å². The van der Waals surface area contributed by atoms with Crippen LogP contribution in [0.3, 0.4) is 0 Å². The zero-order valence-corrected chi connectivity index (χ0v) is 19.7. The second-order valence-electron chi connectivity index (χ2n) is 8.09. The van der Waals surface area contributed by atoms with Crippen molar-refractivity contribution in [3.8, 4) is 22.6 Å². The fourth-order valence-corrected chi connectivity index (χ4v) is 4.45. The molecule has 5 aromatic rings. The molecule has 0 unspecified atom stereocenters. The lowest BCUT2D eigenvalue weighted by Gasteiger charge is -2.15. The van der Waals surface area contributed by atoms with Gasteiger partial charge in [-0.05, 0) is 52.9 Å². The number of fused-ring (bicyclic) bond motifs is 1. The molecule has 4 aromatic carbocycles. The average molecular weight is 468 g/mol. The van der Waals surface area contributed by atoms with Crippen LogP contribution in [0.25, 0.3) is 22.2 Å². The highest BCUT2D eigenvalue weighted by Crippen LogP contribution is 2.29. The minimum Gasteiger partial charge on any atom is -0.489 e. The maximum absolute atomic E-state index is 6.17. The molecule has 6 heteroatoms. The molecular weight excluding hydrogens is 442 g/mol. The molecule has 0 radical (unpaired) electrons. The summed E-state index contributed by atoms with van der Waals surface area (Å²) in [5.74, 6) is 1.47. The lowest BCUT2D eigenvalue weighted by atomic mass is 9.97. The van der Waals surface area contributed by atoms with E-state index in [1.807, 2.05) is 42.5 Å². The van der Waals surface area contributed by atoms with E-state index in [4.69, 9.17) is 15.2 Å². The van der Waals surface area contributed by atoms with Crippen molar-refractivity contribution in [2.45, 2.75) is 26.7 Å². The highest BCUT2D eigenvalue weighted by Gasteiger charge is 2.10. The van der Waals surface area contributed by atoms with Crippen LogP contribution in [0, 0.1) is 6.92 Å². The van der Waals surface area contributed by atoms with Gasteiger partial charge in [-0.25, -0.2) is 0 Å². The van der Waals surface area contributed by atoms with Crippen LogP contribution >= 0.6 is 11.7 Å². The summed E-state index contributed by atoms with van der Waals surface area (Å²) in [5, 5.41) is 0. The summed E-state index contributed by atoms with van der Waals surface area (Å²) in [4.78, 5) is 0. The van der Waals surface area contributed by atoms with E-state index in [2.05, 4.69) is 58.1 Å². The molecule has 0 fully saturated rings. The molecular formula is C28H25N3O2S. The van der Waals surface area contributed by atoms with Gasteiger partial charge in [0.05, 0.1) is 11.7 Å². The van der Waals surface area contributed by atoms with E-state index in [0.717, 1.165) is 39.2 Å². The smallest absolute Gasteiger partial charge is 0.127 e. The van der Waals surface area contributed by atoms with Gasteiger partial charge in [-0.15, -0.1) is 0 Å². The molecule has 0 saturated heterocycles. The monoisotopic (exact) mass is 467 g/mol. The second-order valence-corrected chi connectivity index (χ2v) is 8.62. The molecule has 0 saturated carbocycles. The van der Waals surface area contributed by atoms with E-state index < -0.39 is 0 Å². The molecule has 0 bridgehead atoms. The van der Waals surface area contributed by atoms with Crippen molar-refractivity contribution < 1.29 is 9.47 Å². The first-order valence-corrected chi connectivity index (χ1v) is 11.9. The Hall–Kier alpha value is -3.74. The number of ether oxygens (including phenoxy) is 2. The number of nitrogens with two attached hydrogens (primary N) is 1. The van der Waals surface area contributed by atoms with Crippen molar-refractivity contribution in [2.24, 2.45) is 5.73 Å². The van der Waals surface area contributed by atoms with Crippen molar-refractivity contribution >= 4 is 22.8 Å². The molecule has 170 valence electrons. The summed E-state index contributed by atoms with van der Waals surface area (Å²) < 4.78 is 20.8. The van der Waals surface area contributed by atoms with E-state index in [0.29, 0.717) is 19.8 Å². The van der Waals surface area contributed by atoms with Crippen molar-refractivity contribution in [1.29, 1.82) is 0 Å². The molecule has 5 nitrogen and oxygen atoms in total. The third kappa shape index (κ3) is 4.78. The number of benzene rings is 4. The van der Waals surface area contributed by atoms with Crippen molar-refractivity contribution in [3.05, 3.63) is 107 Å². The Morgan fingerprint density at radius 2 is 1.62 bits per heavy atom. The summed E-state index contributed by atoms with van der Waals surface area (Å²) >= 11 is 1.21. The Balaban J connectivity index is 1.31. The second kappa shape index (κ2) is 10.0. The fraction of sp³-hybridized carbons (Fsp3) is 0.143. The minimum atomic E-state index is 0.392. The maximum Gasteiger partial charge on any atom is 0.127 e. The Labute approximate surface area is 203 Å². The highest BCUT2D eigenvalue weighted by molar-refractivity contribution is 7.00. The third-order valence-electron chi connectivity index (χ3n) is 5.90. The summed E-state index contributed by atoms with van der Waals surface area (Å²) in [6.07, 6.45) is 0. The summed E-state index contributed by atoms with van der Waals surface area (Å²) in [5.41, 5.74) is 14.5. The molecule has 0 aliphatic rings. The summed E-state index contributed by atoms with van der Waals surface area (Å²) in [6, 6.07) is 28.5. The van der Waals surface area contributed by atoms with Gasteiger partial charge < -0.3 is 15.2 Å². The SMILES string of the molecule is Cc1c(COc2ccc(CN)c(OCc3ccc4nsnc4c3)c2)cccc1-c1ccccc1. The number of hydrogen-bond acceptors (Lipinski definition) is 6. The third-order valence-corrected chi connectivity index (χ3v) is 6.45. The topological polar surface area (TPSA) is 70.3 Å². The van der Waals surface area contributed by atoms with Crippen LogP contribution in [0.5, 0.6) is 11.5 Å². The molecule has 1 heterocycles. The lowest BCUT2D eigenvalue weighted by molar-refractivity contribution is 0.287. The van der Waals surface area contributed by atoms with Crippen LogP contribution in [0.1, 0.15) is 22.3 Å². The van der Waals surface area contributed by atoms with Crippen molar-refractivity contribution in [2.75, 3.05) is 0 Å². The lowest BCUT2D eigenvalue weighted by Crippen LogP contribution is -2.04. The molecule has 0 aliphatic heterocycles. The molecule has 0 amide bonds. The highest BCUT2D eigenvalue weighted by atomic mass is 32.1. The molecule has 2 N–H and O–H groups in total. The van der Waals surface area contributed by atoms with E-state index >= 15 is 0 Å². The standard InChI is InChI=1S/C28H25N3O2S/c1-19-23(8-5-9-25(19)21-6-3-2-4-7-21)18-32-24-12-11-22(16-29)28(15-24)33-17-20-10-13-26-27(14-20)31-34-30-26/h2-15H,16-18,29H2,1H3. The van der Waals surface area contributed by atoms with Gasteiger partial charge >= 0.3 is 0 Å². The van der Waals surface area contributed by atoms with Gasteiger partial charge in [-0.1, -0.05) is 60.7 Å². The van der Waals surface area contributed by atoms with Crippen LogP contribution in [0.2, 0.25) is 0 Å². The summed E-state index contributed by atoms with van der Waals surface area (Å²) in [6.45, 7) is 3.42. The van der Waals surface area contributed by atoms with E-state index in [-0.39, 0.29) is 0 Å². The molecule has 34 heavy (non-hydrogen) atoms. The molecule has 0 spiro atoms. The minimum absolute atomic E-state index is 0.392. The number of nitrogens with zero attached hydrogens (tertiary/aromatic N) is 2. The van der Waals surface area contributed by atoms with Gasteiger partial charge in [0.25, 0.3) is 0 Å². The molecule has 5 rings (SSSR count). The van der Waals surface area contributed by atoms with Gasteiger partial charge in [0.15, 0.2) is 0 Å². The molecule has 0 atom stereocenters. The van der Waals surface area contributed by atoms with Gasteiger partial charge in [-0.2, -0.15) is 8.75 Å². The van der Waals surface area contributed by atoms with Crippen LogP contribution < -0.4 is 15.2 Å². The largest absolute Gasteiger partial charge is 0.489 e. The van der Waals surface area contributed by atoms with Crippen LogP contribution in [0.4, 0.5) is 0 Å². The first kappa shape index (κ1) is 22.1. The van der Waals surface area contributed by atoms with Crippen LogP contribution in [-0.4, -0.2) is 8.75 Å². The molecule has 1 aromatic heterocycles. The summed E-state index contributed by atoms with van der Waals surface area (Å²) in [7, 11) is 0. The normalized spacial score (nSPS) is 11.0.